The van der Waals surface area contributed by atoms with Gasteiger partial charge in [-0.15, -0.1) is 0 Å². The zero-order valence-corrected chi connectivity index (χ0v) is 13.8. The molecule has 3 heterocycles. The number of pyridine rings is 2. The van der Waals surface area contributed by atoms with E-state index in [0.717, 1.165) is 12.3 Å². The van der Waals surface area contributed by atoms with Crippen molar-refractivity contribution in [3.63, 3.8) is 0 Å². The number of hydrogen-bond acceptors (Lipinski definition) is 3. The lowest BCUT2D eigenvalue weighted by atomic mass is 10.2. The minimum atomic E-state index is -4.37. The molecule has 1 saturated heterocycles. The van der Waals surface area contributed by atoms with Gasteiger partial charge in [-0.05, 0) is 18.2 Å². The van der Waals surface area contributed by atoms with Crippen molar-refractivity contribution in [3.05, 3.63) is 52.9 Å². The van der Waals surface area contributed by atoms with Crippen LogP contribution in [-0.2, 0) is 6.18 Å². The molecule has 2 aromatic heterocycles. The van der Waals surface area contributed by atoms with Gasteiger partial charge in [-0.3, -0.25) is 9.69 Å². The van der Waals surface area contributed by atoms with Gasteiger partial charge in [-0.1, -0.05) is 11.6 Å². The highest BCUT2D eigenvalue weighted by molar-refractivity contribution is 6.32. The highest BCUT2D eigenvalue weighted by atomic mass is 35.5. The molecule has 132 valence electrons. The summed E-state index contributed by atoms with van der Waals surface area (Å²) in [5, 5.41) is 0.158. The Morgan fingerprint density at radius 2 is 1.88 bits per heavy atom. The van der Waals surface area contributed by atoms with Crippen LogP contribution in [0, 0.1) is 0 Å². The van der Waals surface area contributed by atoms with Gasteiger partial charge in [0.1, 0.15) is 24.4 Å². The Morgan fingerprint density at radius 1 is 1.16 bits per heavy atom. The van der Waals surface area contributed by atoms with Crippen molar-refractivity contribution in [3.8, 4) is 0 Å². The number of alkyl halides is 3. The smallest absolute Gasteiger partial charge is 0.331 e. The fourth-order valence-corrected chi connectivity index (χ4v) is 2.86. The summed E-state index contributed by atoms with van der Waals surface area (Å²) in [7, 11) is 0. The second-order valence-electron chi connectivity index (χ2n) is 5.58. The van der Waals surface area contributed by atoms with E-state index >= 15 is 0 Å². The van der Waals surface area contributed by atoms with Crippen LogP contribution >= 0.6 is 11.6 Å². The molecule has 1 N–H and O–H groups in total. The van der Waals surface area contributed by atoms with E-state index in [2.05, 4.69) is 9.97 Å². The van der Waals surface area contributed by atoms with E-state index in [4.69, 9.17) is 11.6 Å². The van der Waals surface area contributed by atoms with Crippen molar-refractivity contribution >= 4 is 23.3 Å². The first kappa shape index (κ1) is 17.5. The van der Waals surface area contributed by atoms with E-state index in [0.29, 0.717) is 37.6 Å². The van der Waals surface area contributed by atoms with E-state index in [1.807, 2.05) is 4.90 Å². The Bertz CT molecular complexity index is 759. The molecule has 0 aliphatic carbocycles. The van der Waals surface area contributed by atoms with Gasteiger partial charge in [-0.2, -0.15) is 13.2 Å². The molecular formula is C16H15ClF3N4O+. The van der Waals surface area contributed by atoms with Crippen LogP contribution in [0.5, 0.6) is 0 Å². The summed E-state index contributed by atoms with van der Waals surface area (Å²) < 4.78 is 37.8. The van der Waals surface area contributed by atoms with Crippen LogP contribution in [0.15, 0.2) is 36.7 Å². The number of amides is 1. The van der Waals surface area contributed by atoms with Crippen molar-refractivity contribution in [1.29, 1.82) is 0 Å². The number of aromatic amines is 1. The first-order valence-corrected chi connectivity index (χ1v) is 7.98. The van der Waals surface area contributed by atoms with Crippen molar-refractivity contribution in [2.45, 2.75) is 6.18 Å². The fraction of sp³-hybridized carbons (Fsp3) is 0.312. The summed E-state index contributed by atoms with van der Waals surface area (Å²) in [5.74, 6) is 0.383. The first-order valence-electron chi connectivity index (χ1n) is 7.60. The van der Waals surface area contributed by atoms with E-state index in [-0.39, 0.29) is 11.1 Å². The summed E-state index contributed by atoms with van der Waals surface area (Å²) in [6.07, 6.45) is -1.91. The van der Waals surface area contributed by atoms with Gasteiger partial charge in [0.05, 0.1) is 24.2 Å². The van der Waals surface area contributed by atoms with Crippen LogP contribution in [0.25, 0.3) is 0 Å². The number of H-pyrrole nitrogens is 1. The summed E-state index contributed by atoms with van der Waals surface area (Å²) in [4.78, 5) is 22.6. The second kappa shape index (κ2) is 6.87. The van der Waals surface area contributed by atoms with Crippen LogP contribution in [-0.4, -0.2) is 42.0 Å². The van der Waals surface area contributed by atoms with Gasteiger partial charge in [-0.25, -0.2) is 9.97 Å². The van der Waals surface area contributed by atoms with Crippen LogP contribution in [0.4, 0.5) is 19.0 Å². The van der Waals surface area contributed by atoms with E-state index in [9.17, 15) is 18.0 Å². The summed E-state index contributed by atoms with van der Waals surface area (Å²) in [6.45, 7) is 1.90. The van der Waals surface area contributed by atoms with Crippen molar-refractivity contribution in [2.24, 2.45) is 0 Å². The molecule has 1 aliphatic heterocycles. The lowest BCUT2D eigenvalue weighted by molar-refractivity contribution is -0.367. The lowest BCUT2D eigenvalue weighted by Gasteiger charge is -2.31. The topological polar surface area (TPSA) is 50.6 Å². The molecule has 3 rings (SSSR count). The van der Waals surface area contributed by atoms with Crippen molar-refractivity contribution < 1.29 is 22.9 Å². The van der Waals surface area contributed by atoms with Gasteiger partial charge in [0.2, 0.25) is 0 Å². The van der Waals surface area contributed by atoms with Gasteiger partial charge in [0, 0.05) is 12.3 Å². The minimum Gasteiger partial charge on any atom is -0.331 e. The van der Waals surface area contributed by atoms with Gasteiger partial charge in [0.25, 0.3) is 11.7 Å². The molecule has 25 heavy (non-hydrogen) atoms. The molecule has 2 aromatic rings. The van der Waals surface area contributed by atoms with E-state index in [1.54, 1.807) is 17.0 Å². The van der Waals surface area contributed by atoms with E-state index in [1.165, 1.54) is 12.3 Å². The summed E-state index contributed by atoms with van der Waals surface area (Å²) in [6, 6.07) is 5.71. The van der Waals surface area contributed by atoms with Crippen LogP contribution in [0.2, 0.25) is 5.15 Å². The average molecular weight is 372 g/mol. The Morgan fingerprint density at radius 3 is 2.44 bits per heavy atom. The van der Waals surface area contributed by atoms with Crippen LogP contribution in [0.1, 0.15) is 15.9 Å². The minimum absolute atomic E-state index is 0.158. The van der Waals surface area contributed by atoms with Gasteiger partial charge >= 0.3 is 6.18 Å². The van der Waals surface area contributed by atoms with Gasteiger partial charge in [0.15, 0.2) is 0 Å². The molecule has 0 radical (unpaired) electrons. The predicted molar refractivity (Wildman–Crippen MR) is 85.4 cm³/mol. The quantitative estimate of drug-likeness (QED) is 0.762. The fourth-order valence-electron chi connectivity index (χ4n) is 2.66. The zero-order valence-electron chi connectivity index (χ0n) is 13.1. The molecule has 0 aromatic carbocycles. The highest BCUT2D eigenvalue weighted by Gasteiger charge is 2.33. The largest absolute Gasteiger partial charge is 0.419 e. The third-order valence-electron chi connectivity index (χ3n) is 4.02. The van der Waals surface area contributed by atoms with Crippen molar-refractivity contribution in [1.82, 2.24) is 9.88 Å². The number of carbonyl (C=O) groups is 1. The Balaban J connectivity index is 1.64. The standard InChI is InChI=1S/C16H14ClF3N4O/c17-14-12(2-1-5-21-14)15(25)24-8-6-23(7-9-24)13-4-3-11(10-22-13)16(18,19)20/h1-5,10H,6-9H2/p+1. The lowest BCUT2D eigenvalue weighted by Crippen LogP contribution is -2.50. The third-order valence-corrected chi connectivity index (χ3v) is 4.32. The van der Waals surface area contributed by atoms with Crippen molar-refractivity contribution in [2.75, 3.05) is 31.1 Å². The maximum Gasteiger partial charge on any atom is 0.419 e. The summed E-state index contributed by atoms with van der Waals surface area (Å²) >= 11 is 5.95. The highest BCUT2D eigenvalue weighted by Crippen LogP contribution is 2.28. The molecule has 0 atom stereocenters. The maximum absolute atomic E-state index is 12.6. The molecule has 5 nitrogen and oxygen atoms in total. The number of piperazine rings is 1. The maximum atomic E-state index is 12.6. The summed E-state index contributed by atoms with van der Waals surface area (Å²) in [5.41, 5.74) is -0.380. The van der Waals surface area contributed by atoms with Crippen LogP contribution in [0.3, 0.4) is 0 Å². The predicted octanol–water partition coefficient (Wildman–Crippen LogP) is 2.53. The molecule has 0 spiro atoms. The first-order chi connectivity index (χ1) is 11.9. The number of nitrogens with one attached hydrogen (secondary N) is 1. The third kappa shape index (κ3) is 3.84. The molecule has 9 heteroatoms. The van der Waals surface area contributed by atoms with Crippen LogP contribution < -0.4 is 9.88 Å². The Hall–Kier alpha value is -2.35. The molecule has 0 bridgehead atoms. The number of anilines is 1. The number of carbonyl (C=O) groups excluding carboxylic acids is 1. The number of nitrogens with zero attached hydrogens (tertiary/aromatic N) is 3. The molecule has 0 saturated carbocycles. The van der Waals surface area contributed by atoms with Gasteiger partial charge < -0.3 is 4.90 Å². The molecule has 0 unspecified atom stereocenters. The Kier molecular flexibility index (Phi) is 4.80. The Labute approximate surface area is 147 Å². The van der Waals surface area contributed by atoms with E-state index < -0.39 is 11.7 Å². The monoisotopic (exact) mass is 371 g/mol. The molecule has 1 fully saturated rings. The average Bonchev–Trinajstić information content (AvgIpc) is 2.61. The molecule has 1 aliphatic rings. The second-order valence-corrected chi connectivity index (χ2v) is 5.94. The number of halogens is 4. The normalized spacial score (nSPS) is 15.4. The zero-order chi connectivity index (χ0) is 18.0. The molecule has 1 amide bonds. The number of rotatable bonds is 2. The number of aromatic nitrogens is 2. The number of hydrogen-bond donors (Lipinski definition) is 0. The molecular weight excluding hydrogens is 357 g/mol. The SMILES string of the molecule is O=C(c1cccnc1Cl)N1CCN(c2ccc(C(F)(F)F)c[nH+]2)CC1.